The van der Waals surface area contributed by atoms with Gasteiger partial charge in [0.1, 0.15) is 5.82 Å². The second-order valence-corrected chi connectivity index (χ2v) is 4.46. The van der Waals surface area contributed by atoms with Gasteiger partial charge in [-0.2, -0.15) is 0 Å². The summed E-state index contributed by atoms with van der Waals surface area (Å²) in [6, 6.07) is 3.66. The molecule has 0 spiro atoms. The molecule has 1 fully saturated rings. The average molecular weight is 280 g/mol. The predicted octanol–water partition coefficient (Wildman–Crippen LogP) is 0.450. The molecule has 106 valence electrons. The van der Waals surface area contributed by atoms with Gasteiger partial charge in [0.25, 0.3) is 0 Å². The molecule has 20 heavy (non-hydrogen) atoms. The Labute approximate surface area is 114 Å². The van der Waals surface area contributed by atoms with Crippen LogP contribution in [-0.2, 0) is 14.3 Å². The van der Waals surface area contributed by atoms with Gasteiger partial charge in [-0.3, -0.25) is 9.59 Å². The van der Waals surface area contributed by atoms with Crippen LogP contribution >= 0.6 is 0 Å². The molecule has 2 amide bonds. The van der Waals surface area contributed by atoms with Crippen LogP contribution in [0.25, 0.3) is 0 Å². The SMILES string of the molecule is COC(=O)c1cc(N2CC(C(N)=O)CC2=O)ccc1F. The number of benzene rings is 1. The Hall–Kier alpha value is -2.44. The number of methoxy groups -OCH3 is 1. The van der Waals surface area contributed by atoms with Crippen molar-refractivity contribution in [2.45, 2.75) is 6.42 Å². The number of ether oxygens (including phenoxy) is 1. The summed E-state index contributed by atoms with van der Waals surface area (Å²) < 4.78 is 18.0. The number of rotatable bonds is 3. The maximum absolute atomic E-state index is 13.5. The van der Waals surface area contributed by atoms with Crippen molar-refractivity contribution >= 4 is 23.5 Å². The van der Waals surface area contributed by atoms with E-state index in [1.807, 2.05) is 0 Å². The highest BCUT2D eigenvalue weighted by molar-refractivity contribution is 6.01. The maximum Gasteiger partial charge on any atom is 0.340 e. The number of carbonyl (C=O) groups is 3. The molecule has 0 aromatic heterocycles. The molecule has 0 radical (unpaired) electrons. The summed E-state index contributed by atoms with van der Waals surface area (Å²) in [5, 5.41) is 0. The fourth-order valence-corrected chi connectivity index (χ4v) is 2.10. The number of primary amides is 1. The van der Waals surface area contributed by atoms with E-state index >= 15 is 0 Å². The molecule has 1 aliphatic heterocycles. The summed E-state index contributed by atoms with van der Waals surface area (Å²) >= 11 is 0. The van der Waals surface area contributed by atoms with Crippen LogP contribution in [0.1, 0.15) is 16.8 Å². The number of hydrogen-bond donors (Lipinski definition) is 1. The molecule has 1 aliphatic rings. The van der Waals surface area contributed by atoms with Crippen molar-refractivity contribution in [2.24, 2.45) is 11.7 Å². The van der Waals surface area contributed by atoms with Gasteiger partial charge in [0.2, 0.25) is 11.8 Å². The molecule has 1 aromatic carbocycles. The molecule has 1 atom stereocenters. The standard InChI is InChI=1S/C13H13FN2O4/c1-20-13(19)9-5-8(2-3-10(9)14)16-6-7(12(15)18)4-11(16)17/h2-3,5,7H,4,6H2,1H3,(H2,15,18). The first-order valence-corrected chi connectivity index (χ1v) is 5.91. The molecule has 2 N–H and O–H groups in total. The van der Waals surface area contributed by atoms with Crippen LogP contribution in [0.5, 0.6) is 0 Å². The van der Waals surface area contributed by atoms with E-state index in [1.54, 1.807) is 0 Å². The average Bonchev–Trinajstić information content (AvgIpc) is 2.81. The van der Waals surface area contributed by atoms with Gasteiger partial charge in [-0.15, -0.1) is 0 Å². The summed E-state index contributed by atoms with van der Waals surface area (Å²) in [7, 11) is 1.14. The third-order valence-electron chi connectivity index (χ3n) is 3.19. The lowest BCUT2D eigenvalue weighted by Gasteiger charge is -2.17. The smallest absolute Gasteiger partial charge is 0.340 e. The lowest BCUT2D eigenvalue weighted by molar-refractivity contribution is -0.123. The molecule has 1 heterocycles. The summed E-state index contributed by atoms with van der Waals surface area (Å²) in [4.78, 5) is 35.7. The highest BCUT2D eigenvalue weighted by atomic mass is 19.1. The van der Waals surface area contributed by atoms with Gasteiger partial charge in [-0.1, -0.05) is 0 Å². The number of anilines is 1. The van der Waals surface area contributed by atoms with Gasteiger partial charge in [0, 0.05) is 18.7 Å². The second-order valence-electron chi connectivity index (χ2n) is 4.46. The fraction of sp³-hybridized carbons (Fsp3) is 0.308. The minimum Gasteiger partial charge on any atom is -0.465 e. The number of nitrogens with zero attached hydrogens (tertiary/aromatic N) is 1. The Kier molecular flexibility index (Phi) is 3.69. The molecule has 1 aromatic rings. The Morgan fingerprint density at radius 1 is 1.45 bits per heavy atom. The van der Waals surface area contributed by atoms with E-state index < -0.39 is 23.6 Å². The van der Waals surface area contributed by atoms with E-state index in [4.69, 9.17) is 5.73 Å². The zero-order valence-corrected chi connectivity index (χ0v) is 10.8. The quantitative estimate of drug-likeness (QED) is 0.814. The van der Waals surface area contributed by atoms with Gasteiger partial charge in [0.05, 0.1) is 18.6 Å². The summed E-state index contributed by atoms with van der Waals surface area (Å²) in [5.41, 5.74) is 5.24. The van der Waals surface area contributed by atoms with E-state index in [-0.39, 0.29) is 24.4 Å². The molecule has 0 aliphatic carbocycles. The highest BCUT2D eigenvalue weighted by Crippen LogP contribution is 2.26. The van der Waals surface area contributed by atoms with Crippen molar-refractivity contribution in [3.05, 3.63) is 29.6 Å². The van der Waals surface area contributed by atoms with Crippen LogP contribution in [0.4, 0.5) is 10.1 Å². The number of carbonyl (C=O) groups excluding carboxylic acids is 3. The minimum absolute atomic E-state index is 0.0142. The topological polar surface area (TPSA) is 89.7 Å². The summed E-state index contributed by atoms with van der Waals surface area (Å²) in [6.45, 7) is 0.125. The van der Waals surface area contributed by atoms with Crippen LogP contribution < -0.4 is 10.6 Å². The zero-order valence-electron chi connectivity index (χ0n) is 10.8. The van der Waals surface area contributed by atoms with Crippen LogP contribution in [0, 0.1) is 11.7 Å². The molecule has 0 saturated carbocycles. The third-order valence-corrected chi connectivity index (χ3v) is 3.19. The molecular formula is C13H13FN2O4. The van der Waals surface area contributed by atoms with Crippen LogP contribution in [-0.4, -0.2) is 31.4 Å². The Morgan fingerprint density at radius 3 is 2.70 bits per heavy atom. The van der Waals surface area contributed by atoms with Crippen LogP contribution in [0.15, 0.2) is 18.2 Å². The van der Waals surface area contributed by atoms with Crippen molar-refractivity contribution in [1.82, 2.24) is 0 Å². The lowest BCUT2D eigenvalue weighted by Crippen LogP contribution is -2.28. The first-order valence-electron chi connectivity index (χ1n) is 5.91. The Bertz CT molecular complexity index is 588. The van der Waals surface area contributed by atoms with E-state index in [0.717, 1.165) is 13.2 Å². The molecule has 6 nitrogen and oxygen atoms in total. The number of nitrogens with two attached hydrogens (primary N) is 1. The lowest BCUT2D eigenvalue weighted by atomic mass is 10.1. The van der Waals surface area contributed by atoms with Crippen molar-refractivity contribution in [1.29, 1.82) is 0 Å². The molecule has 7 heteroatoms. The van der Waals surface area contributed by atoms with Crippen LogP contribution in [0.2, 0.25) is 0 Å². The number of esters is 1. The minimum atomic E-state index is -0.831. The van der Waals surface area contributed by atoms with Gasteiger partial charge in [-0.25, -0.2) is 9.18 Å². The maximum atomic E-state index is 13.5. The number of amides is 2. The molecule has 1 saturated heterocycles. The monoisotopic (exact) mass is 280 g/mol. The van der Waals surface area contributed by atoms with Crippen molar-refractivity contribution in [3.63, 3.8) is 0 Å². The van der Waals surface area contributed by atoms with Crippen molar-refractivity contribution < 1.29 is 23.5 Å². The first-order chi connectivity index (χ1) is 9.43. The van der Waals surface area contributed by atoms with E-state index in [0.29, 0.717) is 5.69 Å². The van der Waals surface area contributed by atoms with Crippen molar-refractivity contribution in [2.75, 3.05) is 18.6 Å². The van der Waals surface area contributed by atoms with E-state index in [1.165, 1.54) is 17.0 Å². The van der Waals surface area contributed by atoms with E-state index in [9.17, 15) is 18.8 Å². The summed E-state index contributed by atoms with van der Waals surface area (Å²) in [6.07, 6.45) is 0.0142. The summed E-state index contributed by atoms with van der Waals surface area (Å²) in [5.74, 6) is -3.00. The van der Waals surface area contributed by atoms with Crippen molar-refractivity contribution in [3.8, 4) is 0 Å². The molecular weight excluding hydrogens is 267 g/mol. The largest absolute Gasteiger partial charge is 0.465 e. The van der Waals surface area contributed by atoms with E-state index in [2.05, 4.69) is 4.74 Å². The molecule has 2 rings (SSSR count). The molecule has 0 bridgehead atoms. The second kappa shape index (κ2) is 5.28. The zero-order chi connectivity index (χ0) is 14.9. The predicted molar refractivity (Wildman–Crippen MR) is 67.4 cm³/mol. The number of halogens is 1. The third kappa shape index (κ3) is 2.47. The van der Waals surface area contributed by atoms with Crippen LogP contribution in [0.3, 0.4) is 0 Å². The number of hydrogen-bond acceptors (Lipinski definition) is 4. The van der Waals surface area contributed by atoms with Gasteiger partial charge >= 0.3 is 5.97 Å². The van der Waals surface area contributed by atoms with Gasteiger partial charge in [-0.05, 0) is 18.2 Å². The normalized spacial score (nSPS) is 18.2. The first kappa shape index (κ1) is 14.0. The van der Waals surface area contributed by atoms with Gasteiger partial charge in [0.15, 0.2) is 0 Å². The highest BCUT2D eigenvalue weighted by Gasteiger charge is 2.34. The Morgan fingerprint density at radius 2 is 2.15 bits per heavy atom. The Balaban J connectivity index is 2.32. The van der Waals surface area contributed by atoms with Gasteiger partial charge < -0.3 is 15.4 Å². The molecule has 1 unspecified atom stereocenters. The fourth-order valence-electron chi connectivity index (χ4n) is 2.10.